The minimum atomic E-state index is 0.0602. The largest absolute Gasteiger partial charge is 0.508 e. The lowest BCUT2D eigenvalue weighted by Gasteiger charge is -2.20. The Morgan fingerprint density at radius 3 is 2.61 bits per heavy atom. The van der Waals surface area contributed by atoms with Gasteiger partial charge in [-0.1, -0.05) is 17.7 Å². The molecule has 0 radical (unpaired) electrons. The normalized spacial score (nSPS) is 14.4. The lowest BCUT2D eigenvalue weighted by molar-refractivity contribution is 0.392. The summed E-state index contributed by atoms with van der Waals surface area (Å²) in [6.45, 7) is 6.10. The third-order valence-electron chi connectivity index (χ3n) is 3.12. The Bertz CT molecular complexity index is 505. The first kappa shape index (κ1) is 12.7. The predicted octanol–water partition coefficient (Wildman–Crippen LogP) is 3.71. The second kappa shape index (κ2) is 5.27. The Morgan fingerprint density at radius 2 is 1.94 bits per heavy atom. The molecule has 1 aromatic carbocycles. The molecule has 2 aromatic rings. The Balaban J connectivity index is 2.12. The van der Waals surface area contributed by atoms with Crippen LogP contribution in [-0.4, -0.2) is 5.11 Å². The van der Waals surface area contributed by atoms with Gasteiger partial charge in [0.25, 0.3) is 0 Å². The van der Waals surface area contributed by atoms with E-state index >= 15 is 0 Å². The van der Waals surface area contributed by atoms with Crippen LogP contribution in [0, 0.1) is 6.92 Å². The number of aromatic hydroxyl groups is 1. The van der Waals surface area contributed by atoms with Crippen LogP contribution >= 0.6 is 0 Å². The van der Waals surface area contributed by atoms with Gasteiger partial charge in [-0.05, 0) is 39.0 Å². The monoisotopic (exact) mass is 245 g/mol. The van der Waals surface area contributed by atoms with E-state index in [2.05, 4.69) is 5.32 Å². The molecule has 0 amide bonds. The molecule has 3 nitrogen and oxygen atoms in total. The molecule has 0 bridgehead atoms. The van der Waals surface area contributed by atoms with Crippen LogP contribution in [0.5, 0.6) is 5.75 Å². The van der Waals surface area contributed by atoms with Crippen LogP contribution in [0.15, 0.2) is 41.0 Å². The van der Waals surface area contributed by atoms with Crippen LogP contribution in [0.3, 0.4) is 0 Å². The van der Waals surface area contributed by atoms with Crippen LogP contribution in [0.25, 0.3) is 0 Å². The molecule has 1 unspecified atom stereocenters. The summed E-state index contributed by atoms with van der Waals surface area (Å²) in [5, 5.41) is 13.3. The van der Waals surface area contributed by atoms with Crippen molar-refractivity contribution < 1.29 is 9.52 Å². The minimum absolute atomic E-state index is 0.0602. The van der Waals surface area contributed by atoms with Crippen molar-refractivity contribution >= 4 is 0 Å². The predicted molar refractivity (Wildman–Crippen MR) is 71.5 cm³/mol. The van der Waals surface area contributed by atoms with Crippen molar-refractivity contribution in [1.82, 2.24) is 5.32 Å². The first-order valence-corrected chi connectivity index (χ1v) is 6.17. The summed E-state index contributed by atoms with van der Waals surface area (Å²) < 4.78 is 5.36. The molecule has 2 atom stereocenters. The maximum absolute atomic E-state index is 9.89. The molecule has 0 fully saturated rings. The highest BCUT2D eigenvalue weighted by atomic mass is 16.3. The molecule has 96 valence electrons. The highest BCUT2D eigenvalue weighted by molar-refractivity contribution is 5.37. The van der Waals surface area contributed by atoms with Gasteiger partial charge in [-0.2, -0.15) is 0 Å². The van der Waals surface area contributed by atoms with Crippen molar-refractivity contribution in [2.24, 2.45) is 0 Å². The van der Waals surface area contributed by atoms with Crippen molar-refractivity contribution in [1.29, 1.82) is 0 Å². The molecule has 0 saturated heterocycles. The van der Waals surface area contributed by atoms with Crippen molar-refractivity contribution in [2.75, 3.05) is 0 Å². The lowest BCUT2D eigenvalue weighted by Crippen LogP contribution is -2.22. The van der Waals surface area contributed by atoms with Crippen LogP contribution in [0.1, 0.15) is 42.8 Å². The van der Waals surface area contributed by atoms with E-state index in [1.807, 2.05) is 45.0 Å². The fraction of sp³-hybridized carbons (Fsp3) is 0.333. The standard InChI is InChI=1S/C15H19NO2/c1-10-6-7-14(17)13(9-10)11(2)16-12(3)15-5-4-8-18-15/h4-9,11-12,16-17H,1-3H3/t11?,12-/m0/s1. The van der Waals surface area contributed by atoms with E-state index < -0.39 is 0 Å². The molecule has 0 saturated carbocycles. The molecule has 3 heteroatoms. The maximum Gasteiger partial charge on any atom is 0.120 e. The van der Waals surface area contributed by atoms with Gasteiger partial charge in [-0.3, -0.25) is 0 Å². The highest BCUT2D eigenvalue weighted by Crippen LogP contribution is 2.27. The second-order valence-electron chi connectivity index (χ2n) is 4.69. The SMILES string of the molecule is Cc1ccc(O)c(C(C)N[C@@H](C)c2ccco2)c1. The average molecular weight is 245 g/mol. The first-order valence-electron chi connectivity index (χ1n) is 6.17. The van der Waals surface area contributed by atoms with E-state index in [0.717, 1.165) is 16.9 Å². The van der Waals surface area contributed by atoms with E-state index in [4.69, 9.17) is 4.42 Å². The highest BCUT2D eigenvalue weighted by Gasteiger charge is 2.15. The molecule has 0 aliphatic rings. The van der Waals surface area contributed by atoms with Crippen molar-refractivity contribution in [3.8, 4) is 5.75 Å². The summed E-state index contributed by atoms with van der Waals surface area (Å²) in [6, 6.07) is 9.63. The molecule has 2 N–H and O–H groups in total. The molecular formula is C15H19NO2. The van der Waals surface area contributed by atoms with Crippen LogP contribution in [0.4, 0.5) is 0 Å². The first-order chi connectivity index (χ1) is 8.58. The smallest absolute Gasteiger partial charge is 0.120 e. The molecule has 18 heavy (non-hydrogen) atoms. The average Bonchev–Trinajstić information content (AvgIpc) is 2.85. The Kier molecular flexibility index (Phi) is 3.72. The van der Waals surface area contributed by atoms with Crippen LogP contribution in [0.2, 0.25) is 0 Å². The minimum Gasteiger partial charge on any atom is -0.508 e. The van der Waals surface area contributed by atoms with Gasteiger partial charge in [-0.25, -0.2) is 0 Å². The van der Waals surface area contributed by atoms with E-state index in [-0.39, 0.29) is 12.1 Å². The summed E-state index contributed by atoms with van der Waals surface area (Å²) in [5.74, 6) is 1.22. The van der Waals surface area contributed by atoms with Gasteiger partial charge in [0.15, 0.2) is 0 Å². The summed E-state index contributed by atoms with van der Waals surface area (Å²) >= 11 is 0. The molecule has 1 aromatic heterocycles. The molecule has 2 rings (SSSR count). The second-order valence-corrected chi connectivity index (χ2v) is 4.69. The zero-order valence-corrected chi connectivity index (χ0v) is 11.0. The fourth-order valence-corrected chi connectivity index (χ4v) is 2.11. The Morgan fingerprint density at radius 1 is 1.17 bits per heavy atom. The van der Waals surface area contributed by atoms with Crippen molar-refractivity contribution in [3.63, 3.8) is 0 Å². The molecule has 1 heterocycles. The van der Waals surface area contributed by atoms with Crippen LogP contribution < -0.4 is 5.32 Å². The Labute approximate surface area is 107 Å². The zero-order valence-electron chi connectivity index (χ0n) is 11.0. The number of phenols is 1. The molecular weight excluding hydrogens is 226 g/mol. The number of furan rings is 1. The van der Waals surface area contributed by atoms with E-state index in [9.17, 15) is 5.11 Å². The summed E-state index contributed by atoms with van der Waals surface area (Å²) in [7, 11) is 0. The van der Waals surface area contributed by atoms with E-state index in [1.54, 1.807) is 12.3 Å². The number of rotatable bonds is 4. The van der Waals surface area contributed by atoms with Gasteiger partial charge in [-0.15, -0.1) is 0 Å². The summed E-state index contributed by atoms with van der Waals surface area (Å²) in [5.41, 5.74) is 2.05. The number of aryl methyl sites for hydroxylation is 1. The molecule has 0 spiro atoms. The topological polar surface area (TPSA) is 45.4 Å². The number of hydrogen-bond acceptors (Lipinski definition) is 3. The molecule has 0 aliphatic heterocycles. The summed E-state index contributed by atoms with van der Waals surface area (Å²) in [6.07, 6.45) is 1.67. The quantitative estimate of drug-likeness (QED) is 0.863. The third kappa shape index (κ3) is 2.74. The number of phenolic OH excluding ortho intramolecular Hbond substituents is 1. The number of hydrogen-bond donors (Lipinski definition) is 2. The lowest BCUT2D eigenvalue weighted by atomic mass is 10.0. The molecule has 0 aliphatic carbocycles. The van der Waals surface area contributed by atoms with Gasteiger partial charge in [0.1, 0.15) is 11.5 Å². The van der Waals surface area contributed by atoms with Gasteiger partial charge in [0.2, 0.25) is 0 Å². The van der Waals surface area contributed by atoms with Gasteiger partial charge in [0, 0.05) is 11.6 Å². The Hall–Kier alpha value is -1.74. The maximum atomic E-state index is 9.89. The van der Waals surface area contributed by atoms with Gasteiger partial charge < -0.3 is 14.8 Å². The fourth-order valence-electron chi connectivity index (χ4n) is 2.11. The number of nitrogens with one attached hydrogen (secondary N) is 1. The van der Waals surface area contributed by atoms with Gasteiger partial charge in [0.05, 0.1) is 12.3 Å². The van der Waals surface area contributed by atoms with Crippen LogP contribution in [-0.2, 0) is 0 Å². The van der Waals surface area contributed by atoms with Crippen molar-refractivity contribution in [2.45, 2.75) is 32.9 Å². The third-order valence-corrected chi connectivity index (χ3v) is 3.12. The van der Waals surface area contributed by atoms with E-state index in [1.165, 1.54) is 0 Å². The van der Waals surface area contributed by atoms with Gasteiger partial charge >= 0.3 is 0 Å². The number of benzene rings is 1. The van der Waals surface area contributed by atoms with Crippen molar-refractivity contribution in [3.05, 3.63) is 53.5 Å². The zero-order chi connectivity index (χ0) is 13.1. The van der Waals surface area contributed by atoms with E-state index in [0.29, 0.717) is 5.75 Å². The summed E-state index contributed by atoms with van der Waals surface area (Å²) in [4.78, 5) is 0.